The molecule has 3 nitrogen and oxygen atoms in total. The summed E-state index contributed by atoms with van der Waals surface area (Å²) >= 11 is 0. The maximum Gasteiger partial charge on any atom is 0.518 e. The lowest BCUT2D eigenvalue weighted by Gasteiger charge is -2.15. The van der Waals surface area contributed by atoms with E-state index in [-0.39, 0.29) is 0 Å². The van der Waals surface area contributed by atoms with E-state index in [4.69, 9.17) is 9.47 Å². The fourth-order valence-electron chi connectivity index (χ4n) is 1.78. The summed E-state index contributed by atoms with van der Waals surface area (Å²) in [4.78, 5) is 11.3. The Hall–Kier alpha value is -1.25. The molecule has 90 valence electrons. The van der Waals surface area contributed by atoms with Gasteiger partial charge in [-0.1, -0.05) is 19.4 Å². The third-order valence-corrected chi connectivity index (χ3v) is 2.65. The minimum absolute atomic E-state index is 0.356. The van der Waals surface area contributed by atoms with E-state index in [1.807, 2.05) is 6.92 Å². The van der Waals surface area contributed by atoms with Crippen LogP contribution in [0.1, 0.15) is 52.4 Å². The SMILES string of the molecule is C=C(C)OC(=O)O/C1=C(\C)CCCCCC1. The van der Waals surface area contributed by atoms with Crippen molar-refractivity contribution in [3.8, 4) is 0 Å². The van der Waals surface area contributed by atoms with Gasteiger partial charge in [-0.05, 0) is 38.7 Å². The summed E-state index contributed by atoms with van der Waals surface area (Å²) in [5, 5.41) is 0. The zero-order valence-electron chi connectivity index (χ0n) is 10.2. The van der Waals surface area contributed by atoms with E-state index in [0.717, 1.165) is 25.0 Å². The van der Waals surface area contributed by atoms with Gasteiger partial charge in [-0.15, -0.1) is 0 Å². The first-order valence-corrected chi connectivity index (χ1v) is 5.83. The summed E-state index contributed by atoms with van der Waals surface area (Å²) in [6.07, 6.45) is 5.90. The summed E-state index contributed by atoms with van der Waals surface area (Å²) < 4.78 is 9.99. The molecule has 0 aromatic heterocycles. The van der Waals surface area contributed by atoms with Crippen molar-refractivity contribution >= 4 is 6.16 Å². The smallest absolute Gasteiger partial charge is 0.400 e. The van der Waals surface area contributed by atoms with E-state index in [1.165, 1.54) is 24.8 Å². The molecule has 3 heteroatoms. The molecule has 0 N–H and O–H groups in total. The van der Waals surface area contributed by atoms with Gasteiger partial charge in [-0.3, -0.25) is 0 Å². The van der Waals surface area contributed by atoms with E-state index in [0.29, 0.717) is 5.76 Å². The average Bonchev–Trinajstić information content (AvgIpc) is 2.16. The molecule has 1 aliphatic carbocycles. The van der Waals surface area contributed by atoms with Crippen molar-refractivity contribution in [1.29, 1.82) is 0 Å². The molecule has 16 heavy (non-hydrogen) atoms. The highest BCUT2D eigenvalue weighted by atomic mass is 16.7. The minimum Gasteiger partial charge on any atom is -0.400 e. The van der Waals surface area contributed by atoms with Crippen LogP contribution in [0, 0.1) is 0 Å². The Labute approximate surface area is 97.1 Å². The van der Waals surface area contributed by atoms with E-state index in [1.54, 1.807) is 6.92 Å². The van der Waals surface area contributed by atoms with Crippen LogP contribution in [-0.2, 0) is 9.47 Å². The van der Waals surface area contributed by atoms with Gasteiger partial charge < -0.3 is 9.47 Å². The van der Waals surface area contributed by atoms with Crippen molar-refractivity contribution in [2.24, 2.45) is 0 Å². The Morgan fingerprint density at radius 3 is 2.44 bits per heavy atom. The summed E-state index contributed by atoms with van der Waals surface area (Å²) in [5.74, 6) is 1.14. The Morgan fingerprint density at radius 1 is 1.19 bits per heavy atom. The van der Waals surface area contributed by atoms with Crippen molar-refractivity contribution < 1.29 is 14.3 Å². The molecule has 1 aliphatic rings. The van der Waals surface area contributed by atoms with Gasteiger partial charge in [-0.2, -0.15) is 0 Å². The van der Waals surface area contributed by atoms with Gasteiger partial charge in [0.25, 0.3) is 0 Å². The Morgan fingerprint density at radius 2 is 1.81 bits per heavy atom. The van der Waals surface area contributed by atoms with Gasteiger partial charge in [-0.25, -0.2) is 4.79 Å². The number of carbonyl (C=O) groups excluding carboxylic acids is 1. The molecule has 0 heterocycles. The predicted octanol–water partition coefficient (Wildman–Crippen LogP) is 4.30. The van der Waals surface area contributed by atoms with E-state index < -0.39 is 6.16 Å². The van der Waals surface area contributed by atoms with Crippen molar-refractivity contribution in [2.75, 3.05) is 0 Å². The maximum absolute atomic E-state index is 11.3. The number of ether oxygens (including phenoxy) is 2. The molecule has 0 aromatic carbocycles. The van der Waals surface area contributed by atoms with Crippen molar-refractivity contribution in [2.45, 2.75) is 52.4 Å². The van der Waals surface area contributed by atoms with Crippen LogP contribution in [-0.4, -0.2) is 6.16 Å². The van der Waals surface area contributed by atoms with Crippen molar-refractivity contribution in [1.82, 2.24) is 0 Å². The van der Waals surface area contributed by atoms with Crippen molar-refractivity contribution in [3.05, 3.63) is 23.7 Å². The molecule has 0 saturated heterocycles. The highest BCUT2D eigenvalue weighted by molar-refractivity contribution is 5.62. The van der Waals surface area contributed by atoms with E-state index >= 15 is 0 Å². The minimum atomic E-state index is -0.664. The summed E-state index contributed by atoms with van der Waals surface area (Å²) in [5.41, 5.74) is 1.17. The fraction of sp³-hybridized carbons (Fsp3) is 0.615. The van der Waals surface area contributed by atoms with Crippen LogP contribution < -0.4 is 0 Å². The number of allylic oxidation sites excluding steroid dienone is 3. The molecule has 0 unspecified atom stereocenters. The van der Waals surface area contributed by atoms with Crippen LogP contribution in [0.25, 0.3) is 0 Å². The third-order valence-electron chi connectivity index (χ3n) is 2.65. The van der Waals surface area contributed by atoms with Crippen molar-refractivity contribution in [3.63, 3.8) is 0 Å². The van der Waals surface area contributed by atoms with Crippen LogP contribution in [0.4, 0.5) is 4.79 Å². The first-order chi connectivity index (χ1) is 7.59. The van der Waals surface area contributed by atoms with Gasteiger partial charge in [0.2, 0.25) is 0 Å². The summed E-state index contributed by atoms with van der Waals surface area (Å²) in [7, 11) is 0. The summed E-state index contributed by atoms with van der Waals surface area (Å²) in [6, 6.07) is 0. The Balaban J connectivity index is 2.57. The monoisotopic (exact) mass is 224 g/mol. The van der Waals surface area contributed by atoms with Gasteiger partial charge in [0.15, 0.2) is 0 Å². The molecule has 0 aliphatic heterocycles. The van der Waals surface area contributed by atoms with Gasteiger partial charge in [0.1, 0.15) is 11.5 Å². The van der Waals surface area contributed by atoms with Gasteiger partial charge in [0.05, 0.1) is 0 Å². The topological polar surface area (TPSA) is 35.5 Å². The van der Waals surface area contributed by atoms with Crippen LogP contribution in [0.5, 0.6) is 0 Å². The number of carbonyl (C=O) groups is 1. The lowest BCUT2D eigenvalue weighted by molar-refractivity contribution is 0.0985. The normalized spacial score (nSPS) is 21.9. The van der Waals surface area contributed by atoms with E-state index in [9.17, 15) is 4.79 Å². The van der Waals surface area contributed by atoms with Crippen LogP contribution >= 0.6 is 0 Å². The predicted molar refractivity (Wildman–Crippen MR) is 62.8 cm³/mol. The van der Waals surface area contributed by atoms with Gasteiger partial charge >= 0.3 is 6.16 Å². The molecule has 0 spiro atoms. The van der Waals surface area contributed by atoms with E-state index in [2.05, 4.69) is 6.58 Å². The second-order valence-electron chi connectivity index (χ2n) is 4.27. The van der Waals surface area contributed by atoms with Crippen LogP contribution in [0.3, 0.4) is 0 Å². The second kappa shape index (κ2) is 6.36. The maximum atomic E-state index is 11.3. The molecule has 0 atom stereocenters. The number of rotatable bonds is 2. The first kappa shape index (κ1) is 12.8. The molecule has 0 bridgehead atoms. The highest BCUT2D eigenvalue weighted by Crippen LogP contribution is 2.24. The standard InChI is InChI=1S/C13H20O3/c1-10(2)15-13(14)16-12-9-7-5-4-6-8-11(12)3/h1,4-9H2,2-3H3/b12-11+. The number of hydrogen-bond donors (Lipinski definition) is 0. The molecule has 0 radical (unpaired) electrons. The molecule has 0 aromatic rings. The molecular weight excluding hydrogens is 204 g/mol. The molecule has 0 fully saturated rings. The first-order valence-electron chi connectivity index (χ1n) is 5.83. The van der Waals surface area contributed by atoms with Crippen LogP contribution in [0.2, 0.25) is 0 Å². The molecule has 0 amide bonds. The second-order valence-corrected chi connectivity index (χ2v) is 4.27. The summed E-state index contributed by atoms with van der Waals surface area (Å²) in [6.45, 7) is 7.15. The quantitative estimate of drug-likeness (QED) is 0.518. The largest absolute Gasteiger partial charge is 0.518 e. The zero-order valence-corrected chi connectivity index (χ0v) is 10.2. The molecule has 0 saturated carbocycles. The van der Waals surface area contributed by atoms with Gasteiger partial charge in [0, 0.05) is 6.42 Å². The average molecular weight is 224 g/mol. The third kappa shape index (κ3) is 4.51. The lowest BCUT2D eigenvalue weighted by Crippen LogP contribution is -2.08. The van der Waals surface area contributed by atoms with Crippen LogP contribution in [0.15, 0.2) is 23.7 Å². The number of hydrogen-bond acceptors (Lipinski definition) is 3. The molecular formula is C13H20O3. The highest BCUT2D eigenvalue weighted by Gasteiger charge is 2.13. The lowest BCUT2D eigenvalue weighted by atomic mass is 10.00. The Kier molecular flexibility index (Phi) is 5.09. The molecule has 1 rings (SSSR count). The Bertz CT molecular complexity index is 302. The fourth-order valence-corrected chi connectivity index (χ4v) is 1.78. The zero-order chi connectivity index (χ0) is 12.0.